The largest absolute Gasteiger partial charge is 0.389 e. The molecule has 0 saturated heterocycles. The van der Waals surface area contributed by atoms with Gasteiger partial charge in [0, 0.05) is 0 Å². The molecule has 1 N–H and O–H groups in total. The van der Waals surface area contributed by atoms with Crippen LogP contribution in [-0.4, -0.2) is 18.4 Å². The number of aliphatic hydroxyl groups is 1. The Morgan fingerprint density at radius 2 is 1.82 bits per heavy atom. The van der Waals surface area contributed by atoms with Gasteiger partial charge in [-0.25, -0.2) is 0 Å². The molecule has 0 saturated carbocycles. The molecule has 2 heteroatoms. The molecule has 0 aromatic rings. The predicted molar refractivity (Wildman–Crippen MR) is 53.4 cm³/mol. The topological polar surface area (TPSA) is 20.2 Å². The van der Waals surface area contributed by atoms with Crippen LogP contribution in [0, 0.1) is 0 Å². The molecule has 0 aliphatic rings. The van der Waals surface area contributed by atoms with E-state index in [9.17, 15) is 5.11 Å². The van der Waals surface area contributed by atoms with Gasteiger partial charge in [0.2, 0.25) is 0 Å². The highest BCUT2D eigenvalue weighted by Gasteiger charge is 2.38. The molecule has 0 aromatic heterocycles. The minimum Gasteiger partial charge on any atom is -0.389 e. The van der Waals surface area contributed by atoms with Crippen molar-refractivity contribution in [2.75, 3.05) is 0 Å². The van der Waals surface area contributed by atoms with E-state index < -0.39 is 13.3 Å². The lowest BCUT2D eigenvalue weighted by molar-refractivity contribution is 0.171. The molecule has 66 valence electrons. The van der Waals surface area contributed by atoms with Gasteiger partial charge in [-0.15, -0.1) is 0 Å². The first-order valence-corrected chi connectivity index (χ1v) is 7.64. The first-order chi connectivity index (χ1) is 4.73. The van der Waals surface area contributed by atoms with Crippen LogP contribution in [0.1, 0.15) is 20.3 Å². The van der Waals surface area contributed by atoms with E-state index in [0.717, 1.165) is 12.0 Å². The molecule has 11 heavy (non-hydrogen) atoms. The Kier molecular flexibility index (Phi) is 3.09. The van der Waals surface area contributed by atoms with Crippen molar-refractivity contribution >= 4 is 8.07 Å². The van der Waals surface area contributed by atoms with E-state index in [1.165, 1.54) is 0 Å². The predicted octanol–water partition coefficient (Wildman–Crippen LogP) is 2.58. The third-order valence-electron chi connectivity index (χ3n) is 2.58. The molecule has 0 spiro atoms. The second kappa shape index (κ2) is 3.11. The summed E-state index contributed by atoms with van der Waals surface area (Å²) < 4.78 is 0. The molecule has 1 unspecified atom stereocenters. The molecule has 0 fully saturated rings. The highest BCUT2D eigenvalue weighted by Crippen LogP contribution is 2.28. The van der Waals surface area contributed by atoms with Crippen LogP contribution in [0.2, 0.25) is 19.6 Å². The lowest BCUT2D eigenvalue weighted by Crippen LogP contribution is -2.50. The quantitative estimate of drug-likeness (QED) is 0.512. The summed E-state index contributed by atoms with van der Waals surface area (Å²) in [5.41, 5.74) is 0.969. The molecule has 1 nitrogen and oxygen atoms in total. The molecule has 0 aliphatic heterocycles. The fourth-order valence-electron chi connectivity index (χ4n) is 0.875. The molecular formula is C9H20OSi. The van der Waals surface area contributed by atoms with E-state index in [0.29, 0.717) is 0 Å². The molecule has 0 aromatic carbocycles. The van der Waals surface area contributed by atoms with Crippen molar-refractivity contribution < 1.29 is 5.11 Å². The highest BCUT2D eigenvalue weighted by molar-refractivity contribution is 6.79. The van der Waals surface area contributed by atoms with Gasteiger partial charge in [0.05, 0.1) is 13.3 Å². The minimum atomic E-state index is -1.51. The van der Waals surface area contributed by atoms with Gasteiger partial charge in [0.15, 0.2) is 0 Å². The van der Waals surface area contributed by atoms with E-state index >= 15 is 0 Å². The van der Waals surface area contributed by atoms with E-state index in [1.54, 1.807) is 0 Å². The lowest BCUT2D eigenvalue weighted by atomic mass is 10.1. The molecule has 0 aliphatic carbocycles. The normalized spacial score (nSPS) is 17.6. The average Bonchev–Trinajstić information content (AvgIpc) is 1.83. The molecule has 0 rings (SSSR count). The van der Waals surface area contributed by atoms with Gasteiger partial charge in [-0.3, -0.25) is 0 Å². The summed E-state index contributed by atoms with van der Waals surface area (Å²) in [4.78, 5) is 0. The Balaban J connectivity index is 4.59. The van der Waals surface area contributed by atoms with E-state index in [-0.39, 0.29) is 0 Å². The zero-order chi connectivity index (χ0) is 9.28. The Bertz CT molecular complexity index is 153. The van der Waals surface area contributed by atoms with Crippen LogP contribution in [0.25, 0.3) is 0 Å². The van der Waals surface area contributed by atoms with Crippen LogP contribution < -0.4 is 0 Å². The summed E-state index contributed by atoms with van der Waals surface area (Å²) in [5.74, 6) is 0. The number of hydrogen-bond acceptors (Lipinski definition) is 1. The summed E-state index contributed by atoms with van der Waals surface area (Å²) in [6.07, 6.45) is 0.872. The second-order valence-corrected chi connectivity index (χ2v) is 9.75. The van der Waals surface area contributed by atoms with Gasteiger partial charge >= 0.3 is 0 Å². The van der Waals surface area contributed by atoms with Gasteiger partial charge in [-0.05, 0) is 13.3 Å². The van der Waals surface area contributed by atoms with Crippen molar-refractivity contribution in [2.24, 2.45) is 0 Å². The molecule has 0 bridgehead atoms. The fraction of sp³-hybridized carbons (Fsp3) is 0.778. The Hall–Kier alpha value is -0.0831. The lowest BCUT2D eigenvalue weighted by Gasteiger charge is -2.37. The van der Waals surface area contributed by atoms with Crippen LogP contribution >= 0.6 is 0 Å². The van der Waals surface area contributed by atoms with Gasteiger partial charge in [0.1, 0.15) is 0 Å². The average molecular weight is 172 g/mol. The van der Waals surface area contributed by atoms with Crippen molar-refractivity contribution in [2.45, 2.75) is 45.1 Å². The minimum absolute atomic E-state index is 0.609. The maximum Gasteiger partial charge on any atom is 0.0869 e. The standard InChI is InChI=1S/C9H20OSi/c1-7-8(2)9(3,10)11(4,5)6/h10H,2,7H2,1,3-6H3. The molecular weight excluding hydrogens is 152 g/mol. The smallest absolute Gasteiger partial charge is 0.0869 e. The third-order valence-corrected chi connectivity index (χ3v) is 5.85. The van der Waals surface area contributed by atoms with Crippen molar-refractivity contribution in [3.05, 3.63) is 12.2 Å². The third kappa shape index (κ3) is 2.17. The van der Waals surface area contributed by atoms with Gasteiger partial charge in [-0.1, -0.05) is 38.7 Å². The highest BCUT2D eigenvalue weighted by atomic mass is 28.3. The maximum absolute atomic E-state index is 10.1. The Labute approximate surface area is 71.1 Å². The number of rotatable bonds is 3. The van der Waals surface area contributed by atoms with Crippen LogP contribution in [0.5, 0.6) is 0 Å². The summed E-state index contributed by atoms with van der Waals surface area (Å²) >= 11 is 0. The van der Waals surface area contributed by atoms with Gasteiger partial charge in [0.25, 0.3) is 0 Å². The summed E-state index contributed by atoms with van der Waals surface area (Å²) in [7, 11) is -1.51. The zero-order valence-electron chi connectivity index (χ0n) is 8.36. The van der Waals surface area contributed by atoms with E-state index in [1.807, 2.05) is 13.8 Å². The molecule has 0 heterocycles. The summed E-state index contributed by atoms with van der Waals surface area (Å²) in [5, 5.41) is 9.47. The van der Waals surface area contributed by atoms with Crippen molar-refractivity contribution in [3.63, 3.8) is 0 Å². The van der Waals surface area contributed by atoms with E-state index in [2.05, 4.69) is 26.2 Å². The number of hydrogen-bond donors (Lipinski definition) is 1. The molecule has 0 amide bonds. The van der Waals surface area contributed by atoms with Gasteiger partial charge < -0.3 is 5.11 Å². The van der Waals surface area contributed by atoms with Crippen LogP contribution in [0.3, 0.4) is 0 Å². The molecule has 0 radical (unpaired) electrons. The zero-order valence-corrected chi connectivity index (χ0v) is 9.36. The summed E-state index contributed by atoms with van der Waals surface area (Å²) in [6.45, 7) is 14.3. The first kappa shape index (κ1) is 10.9. The Morgan fingerprint density at radius 1 is 1.45 bits per heavy atom. The maximum atomic E-state index is 10.1. The van der Waals surface area contributed by atoms with Gasteiger partial charge in [-0.2, -0.15) is 0 Å². The SMILES string of the molecule is C=C(CC)C(C)(O)[Si](C)(C)C. The monoisotopic (exact) mass is 172 g/mol. The van der Waals surface area contributed by atoms with E-state index in [4.69, 9.17) is 0 Å². The Morgan fingerprint density at radius 3 is 1.91 bits per heavy atom. The van der Waals surface area contributed by atoms with Crippen LogP contribution in [0.15, 0.2) is 12.2 Å². The second-order valence-electron chi connectivity index (χ2n) is 4.28. The van der Waals surface area contributed by atoms with Crippen LogP contribution in [-0.2, 0) is 0 Å². The van der Waals surface area contributed by atoms with Crippen LogP contribution in [0.4, 0.5) is 0 Å². The van der Waals surface area contributed by atoms with Crippen molar-refractivity contribution in [1.29, 1.82) is 0 Å². The molecule has 1 atom stereocenters. The van der Waals surface area contributed by atoms with Crippen molar-refractivity contribution in [3.8, 4) is 0 Å². The van der Waals surface area contributed by atoms with Crippen molar-refractivity contribution in [1.82, 2.24) is 0 Å². The first-order valence-electron chi connectivity index (χ1n) is 4.14. The fourth-order valence-corrected chi connectivity index (χ4v) is 2.11. The summed E-state index contributed by atoms with van der Waals surface area (Å²) in [6, 6.07) is 0.